The van der Waals surface area contributed by atoms with Gasteiger partial charge in [0.2, 0.25) is 0 Å². The first-order valence-corrected chi connectivity index (χ1v) is 8.61. The van der Waals surface area contributed by atoms with Gasteiger partial charge in [-0.15, -0.1) is 11.3 Å². The summed E-state index contributed by atoms with van der Waals surface area (Å²) in [4.78, 5) is 12.5. The lowest BCUT2D eigenvalue weighted by molar-refractivity contribution is 0.572. The molecule has 4 nitrogen and oxygen atoms in total. The minimum Gasteiger partial charge on any atom is -0.399 e. The number of nitrogen functional groups attached to an aromatic ring is 1. The number of nitrogens with zero attached hydrogens (tertiary/aromatic N) is 2. The van der Waals surface area contributed by atoms with Gasteiger partial charge in [-0.3, -0.25) is 0 Å². The molecule has 0 atom stereocenters. The molecule has 110 valence electrons. The summed E-state index contributed by atoms with van der Waals surface area (Å²) in [5, 5.41) is 4.18. The second kappa shape index (κ2) is 5.35. The lowest BCUT2D eigenvalue weighted by Crippen LogP contribution is -2.11. The Kier molecular flexibility index (Phi) is 3.67. The molecule has 6 heteroatoms. The molecule has 0 saturated carbocycles. The molecule has 0 saturated heterocycles. The lowest BCUT2D eigenvalue weighted by Gasteiger charge is -2.14. The zero-order chi connectivity index (χ0) is 15.0. The molecule has 0 radical (unpaired) electrons. The summed E-state index contributed by atoms with van der Waals surface area (Å²) in [7, 11) is 0. The maximum atomic E-state index is 5.78. The van der Waals surface area contributed by atoms with Gasteiger partial charge in [0, 0.05) is 16.5 Å². The monoisotopic (exact) mass is 318 g/mol. The van der Waals surface area contributed by atoms with Crippen LogP contribution in [0.2, 0.25) is 0 Å². The molecule has 1 aromatic carbocycles. The molecule has 2 heterocycles. The number of nitrogens with two attached hydrogens (primary N) is 1. The summed E-state index contributed by atoms with van der Waals surface area (Å²) in [5.41, 5.74) is 9.71. The van der Waals surface area contributed by atoms with Crippen LogP contribution in [0.15, 0.2) is 28.7 Å². The summed E-state index contributed by atoms with van der Waals surface area (Å²) in [6.45, 7) is 6.55. The van der Waals surface area contributed by atoms with Crippen molar-refractivity contribution >= 4 is 39.8 Å². The molecule has 2 aromatic heterocycles. The van der Waals surface area contributed by atoms with Gasteiger partial charge >= 0.3 is 0 Å². The zero-order valence-corrected chi connectivity index (χ0v) is 13.9. The zero-order valence-electron chi connectivity index (χ0n) is 12.3. The van der Waals surface area contributed by atoms with Crippen LogP contribution in [0.1, 0.15) is 31.5 Å². The normalized spacial score (nSPS) is 12.1. The van der Waals surface area contributed by atoms with Gasteiger partial charge in [-0.1, -0.05) is 32.5 Å². The molecule has 3 rings (SSSR count). The largest absolute Gasteiger partial charge is 0.399 e. The van der Waals surface area contributed by atoms with E-state index in [9.17, 15) is 0 Å². The smallest absolute Gasteiger partial charge is 0.166 e. The number of anilines is 1. The minimum atomic E-state index is 0.107. The highest BCUT2D eigenvalue weighted by atomic mass is 32.2. The number of aromatic nitrogens is 3. The first-order valence-electron chi connectivity index (χ1n) is 6.75. The van der Waals surface area contributed by atoms with E-state index in [1.807, 2.05) is 18.2 Å². The van der Waals surface area contributed by atoms with Crippen LogP contribution in [0.3, 0.4) is 0 Å². The molecule has 0 bridgehead atoms. The molecule has 3 N–H and O–H groups in total. The van der Waals surface area contributed by atoms with Crippen LogP contribution >= 0.6 is 23.1 Å². The fourth-order valence-electron chi connectivity index (χ4n) is 1.92. The van der Waals surface area contributed by atoms with Crippen LogP contribution < -0.4 is 5.73 Å². The number of rotatable bonds is 3. The Morgan fingerprint density at radius 2 is 2.10 bits per heavy atom. The van der Waals surface area contributed by atoms with Gasteiger partial charge in [0.1, 0.15) is 5.01 Å². The van der Waals surface area contributed by atoms with Crippen LogP contribution in [-0.4, -0.2) is 15.0 Å². The molecule has 0 unspecified atom stereocenters. The fourth-order valence-corrected chi connectivity index (χ4v) is 3.85. The molecule has 0 fully saturated rings. The van der Waals surface area contributed by atoms with Crippen molar-refractivity contribution in [2.45, 2.75) is 37.1 Å². The lowest BCUT2D eigenvalue weighted by atomic mass is 9.93. The van der Waals surface area contributed by atoms with Crippen molar-refractivity contribution in [2.75, 3.05) is 5.73 Å². The van der Waals surface area contributed by atoms with E-state index < -0.39 is 0 Å². The van der Waals surface area contributed by atoms with Crippen LogP contribution in [0.4, 0.5) is 5.69 Å². The SMILES string of the molecule is CC(C)(C)c1csc(CSc2nc3ccc(N)cc3[nH]2)n1. The van der Waals surface area contributed by atoms with Gasteiger partial charge in [0.25, 0.3) is 0 Å². The van der Waals surface area contributed by atoms with Crippen molar-refractivity contribution in [1.29, 1.82) is 0 Å². The summed E-state index contributed by atoms with van der Waals surface area (Å²) in [6.07, 6.45) is 0. The van der Waals surface area contributed by atoms with Crippen molar-refractivity contribution in [2.24, 2.45) is 0 Å². The molecule has 21 heavy (non-hydrogen) atoms. The molecular formula is C15H18N4S2. The highest BCUT2D eigenvalue weighted by Gasteiger charge is 2.17. The highest BCUT2D eigenvalue weighted by Crippen LogP contribution is 2.28. The van der Waals surface area contributed by atoms with Crippen molar-refractivity contribution in [1.82, 2.24) is 15.0 Å². The first kappa shape index (κ1) is 14.4. The average Bonchev–Trinajstić information content (AvgIpc) is 3.01. The second-order valence-corrected chi connectivity index (χ2v) is 7.89. The van der Waals surface area contributed by atoms with E-state index in [0.717, 1.165) is 38.3 Å². The summed E-state index contributed by atoms with van der Waals surface area (Å²) >= 11 is 3.38. The number of thiazole rings is 1. The predicted octanol–water partition coefficient (Wildman–Crippen LogP) is 4.19. The van der Waals surface area contributed by atoms with E-state index in [1.54, 1.807) is 23.1 Å². The van der Waals surface area contributed by atoms with Crippen LogP contribution in [-0.2, 0) is 11.2 Å². The number of hydrogen-bond acceptors (Lipinski definition) is 5. The topological polar surface area (TPSA) is 67.6 Å². The Balaban J connectivity index is 1.73. The van der Waals surface area contributed by atoms with E-state index in [0.29, 0.717) is 0 Å². The van der Waals surface area contributed by atoms with Gasteiger partial charge < -0.3 is 10.7 Å². The Bertz CT molecular complexity index is 767. The molecule has 0 amide bonds. The Hall–Kier alpha value is -1.53. The Morgan fingerprint density at radius 1 is 1.29 bits per heavy atom. The van der Waals surface area contributed by atoms with Crippen molar-refractivity contribution in [3.63, 3.8) is 0 Å². The van der Waals surface area contributed by atoms with Crippen molar-refractivity contribution < 1.29 is 0 Å². The standard InChI is InChI=1S/C15H18N4S2/c1-15(2,3)12-7-20-13(19-12)8-21-14-17-10-5-4-9(16)6-11(10)18-14/h4-7H,8,16H2,1-3H3,(H,17,18). The molecule has 3 aromatic rings. The van der Waals surface area contributed by atoms with Crippen molar-refractivity contribution in [3.8, 4) is 0 Å². The summed E-state index contributed by atoms with van der Waals surface area (Å²) in [5.74, 6) is 0.829. The van der Waals surface area contributed by atoms with E-state index in [2.05, 4.69) is 36.1 Å². The number of imidazole rings is 1. The third kappa shape index (κ3) is 3.22. The van der Waals surface area contributed by atoms with Gasteiger partial charge in [0.15, 0.2) is 5.16 Å². The van der Waals surface area contributed by atoms with E-state index in [-0.39, 0.29) is 5.41 Å². The minimum absolute atomic E-state index is 0.107. The van der Waals surface area contributed by atoms with Crippen LogP contribution in [0.25, 0.3) is 11.0 Å². The Morgan fingerprint density at radius 3 is 2.81 bits per heavy atom. The van der Waals surface area contributed by atoms with E-state index in [1.165, 1.54) is 0 Å². The molecule has 0 aliphatic heterocycles. The average molecular weight is 318 g/mol. The van der Waals surface area contributed by atoms with Crippen molar-refractivity contribution in [3.05, 3.63) is 34.3 Å². The Labute approximate surface area is 132 Å². The van der Waals surface area contributed by atoms with E-state index >= 15 is 0 Å². The second-order valence-electron chi connectivity index (χ2n) is 5.98. The third-order valence-corrected chi connectivity index (χ3v) is 5.05. The number of H-pyrrole nitrogens is 1. The maximum absolute atomic E-state index is 5.78. The quantitative estimate of drug-likeness (QED) is 0.561. The van der Waals surface area contributed by atoms with Gasteiger partial charge in [-0.2, -0.15) is 0 Å². The highest BCUT2D eigenvalue weighted by molar-refractivity contribution is 7.98. The third-order valence-electron chi connectivity index (χ3n) is 3.14. The van der Waals surface area contributed by atoms with Gasteiger partial charge in [-0.25, -0.2) is 9.97 Å². The van der Waals surface area contributed by atoms with Crippen LogP contribution in [0, 0.1) is 0 Å². The maximum Gasteiger partial charge on any atom is 0.166 e. The summed E-state index contributed by atoms with van der Waals surface area (Å²) in [6, 6.07) is 5.72. The van der Waals surface area contributed by atoms with E-state index in [4.69, 9.17) is 10.7 Å². The predicted molar refractivity (Wildman–Crippen MR) is 90.9 cm³/mol. The number of fused-ring (bicyclic) bond motifs is 1. The van der Waals surface area contributed by atoms with Gasteiger partial charge in [-0.05, 0) is 18.2 Å². The number of thioether (sulfide) groups is 1. The summed E-state index contributed by atoms with van der Waals surface area (Å²) < 4.78 is 0. The molecular weight excluding hydrogens is 300 g/mol. The molecule has 0 aliphatic rings. The number of nitrogens with one attached hydrogen (secondary N) is 1. The number of aromatic amines is 1. The first-order chi connectivity index (χ1) is 9.91. The van der Waals surface area contributed by atoms with Crippen LogP contribution in [0.5, 0.6) is 0 Å². The molecule has 0 aliphatic carbocycles. The number of hydrogen-bond donors (Lipinski definition) is 2. The van der Waals surface area contributed by atoms with Gasteiger partial charge in [0.05, 0.1) is 22.5 Å². The number of benzene rings is 1. The fraction of sp³-hybridized carbons (Fsp3) is 0.333. The molecule has 0 spiro atoms.